The number of amides is 1. The number of anilines is 1. The Morgan fingerprint density at radius 1 is 1.44 bits per heavy atom. The lowest BCUT2D eigenvalue weighted by Gasteiger charge is -2.11. The van der Waals surface area contributed by atoms with Gasteiger partial charge in [0.15, 0.2) is 0 Å². The summed E-state index contributed by atoms with van der Waals surface area (Å²) in [5, 5.41) is 2.44. The average Bonchev–Trinajstić information content (AvgIpc) is 2.27. The number of carbonyl (C=O) groups excluding carboxylic acids is 1. The van der Waals surface area contributed by atoms with Gasteiger partial charge in [-0.2, -0.15) is 0 Å². The highest BCUT2D eigenvalue weighted by molar-refractivity contribution is 6.29. The molecule has 1 N–H and O–H groups in total. The zero-order valence-electron chi connectivity index (χ0n) is 8.25. The first-order valence-corrected chi connectivity index (χ1v) is 5.02. The van der Waals surface area contributed by atoms with E-state index in [-0.39, 0.29) is 11.6 Å². The molecule has 0 fully saturated rings. The van der Waals surface area contributed by atoms with Crippen LogP contribution in [0.4, 0.5) is 14.5 Å². The summed E-state index contributed by atoms with van der Waals surface area (Å²) in [6, 6.07) is 6.31. The van der Waals surface area contributed by atoms with Gasteiger partial charge in [0.25, 0.3) is 6.43 Å². The summed E-state index contributed by atoms with van der Waals surface area (Å²) < 4.78 is 28.7. The Bertz CT molecular complexity index is 360. The number of benzene rings is 1. The molecule has 88 valence electrons. The van der Waals surface area contributed by atoms with E-state index in [2.05, 4.69) is 5.32 Å². The predicted octanol–water partition coefficient (Wildman–Crippen LogP) is 2.51. The number of alkyl halides is 3. The third-order valence-corrected chi connectivity index (χ3v) is 1.89. The van der Waals surface area contributed by atoms with Gasteiger partial charge >= 0.3 is 0 Å². The smallest absolute Gasteiger partial charge is 0.272 e. The van der Waals surface area contributed by atoms with Crippen LogP contribution in [0.2, 0.25) is 0 Å². The minimum absolute atomic E-state index is 0.196. The predicted molar refractivity (Wildman–Crippen MR) is 57.3 cm³/mol. The first kappa shape index (κ1) is 12.7. The molecule has 0 aliphatic rings. The Kier molecular flexibility index (Phi) is 4.98. The summed E-state index contributed by atoms with van der Waals surface area (Å²) in [6.45, 7) is -0.715. The first-order valence-electron chi connectivity index (χ1n) is 4.49. The minimum Gasteiger partial charge on any atom is -0.485 e. The number of rotatable bonds is 5. The van der Waals surface area contributed by atoms with Gasteiger partial charge in [-0.05, 0) is 12.1 Å². The van der Waals surface area contributed by atoms with Crippen molar-refractivity contribution >= 4 is 23.2 Å². The van der Waals surface area contributed by atoms with Crippen molar-refractivity contribution in [1.29, 1.82) is 0 Å². The van der Waals surface area contributed by atoms with Crippen molar-refractivity contribution in [2.24, 2.45) is 0 Å². The first-order chi connectivity index (χ1) is 7.63. The monoisotopic (exact) mass is 249 g/mol. The van der Waals surface area contributed by atoms with Crippen molar-refractivity contribution in [2.75, 3.05) is 17.8 Å². The fourth-order valence-corrected chi connectivity index (χ4v) is 1.10. The van der Waals surface area contributed by atoms with Crippen LogP contribution in [-0.2, 0) is 4.79 Å². The van der Waals surface area contributed by atoms with Crippen molar-refractivity contribution in [2.45, 2.75) is 6.43 Å². The number of para-hydroxylation sites is 2. The van der Waals surface area contributed by atoms with E-state index in [0.717, 1.165) is 0 Å². The molecular weight excluding hydrogens is 240 g/mol. The van der Waals surface area contributed by atoms with Gasteiger partial charge in [0.1, 0.15) is 18.2 Å². The maximum absolute atomic E-state index is 11.9. The highest BCUT2D eigenvalue weighted by Gasteiger charge is 2.09. The van der Waals surface area contributed by atoms with Crippen LogP contribution in [0, 0.1) is 0 Å². The van der Waals surface area contributed by atoms with E-state index >= 15 is 0 Å². The van der Waals surface area contributed by atoms with Crippen molar-refractivity contribution in [1.82, 2.24) is 0 Å². The Morgan fingerprint density at radius 2 is 2.12 bits per heavy atom. The molecule has 6 heteroatoms. The molecule has 1 rings (SSSR count). The molecule has 16 heavy (non-hydrogen) atoms. The molecular formula is C10H10ClF2NO2. The Hall–Kier alpha value is -1.36. The molecule has 1 amide bonds. The average molecular weight is 250 g/mol. The topological polar surface area (TPSA) is 38.3 Å². The number of halogens is 3. The zero-order valence-corrected chi connectivity index (χ0v) is 9.01. The van der Waals surface area contributed by atoms with Crippen molar-refractivity contribution in [3.05, 3.63) is 24.3 Å². The van der Waals surface area contributed by atoms with E-state index in [1.165, 1.54) is 6.07 Å². The van der Waals surface area contributed by atoms with Gasteiger partial charge in [-0.1, -0.05) is 12.1 Å². The molecule has 0 spiro atoms. The minimum atomic E-state index is -2.56. The second-order valence-corrected chi connectivity index (χ2v) is 3.15. The third-order valence-electron chi connectivity index (χ3n) is 1.65. The summed E-state index contributed by atoms with van der Waals surface area (Å²) in [5.41, 5.74) is 0.328. The largest absolute Gasteiger partial charge is 0.485 e. The second kappa shape index (κ2) is 6.27. The van der Waals surface area contributed by atoms with Gasteiger partial charge in [-0.15, -0.1) is 11.6 Å². The van der Waals surface area contributed by atoms with Crippen molar-refractivity contribution < 1.29 is 18.3 Å². The summed E-state index contributed by atoms with van der Waals surface area (Å²) in [5.74, 6) is -0.431. The summed E-state index contributed by atoms with van der Waals surface area (Å²) >= 11 is 5.31. The second-order valence-electron chi connectivity index (χ2n) is 2.88. The maximum Gasteiger partial charge on any atom is 0.272 e. The summed E-state index contributed by atoms with van der Waals surface area (Å²) in [7, 11) is 0. The molecule has 0 heterocycles. The number of hydrogen-bond acceptors (Lipinski definition) is 2. The molecule has 1 aromatic carbocycles. The highest BCUT2D eigenvalue weighted by Crippen LogP contribution is 2.24. The lowest BCUT2D eigenvalue weighted by molar-refractivity contribution is -0.113. The van der Waals surface area contributed by atoms with Gasteiger partial charge in [0.05, 0.1) is 5.69 Å². The number of hydrogen-bond donors (Lipinski definition) is 1. The summed E-state index contributed by atoms with van der Waals surface area (Å²) in [6.07, 6.45) is -2.56. The lowest BCUT2D eigenvalue weighted by Crippen LogP contribution is -2.14. The summed E-state index contributed by atoms with van der Waals surface area (Å²) in [4.78, 5) is 11.0. The number of nitrogens with one attached hydrogen (secondary N) is 1. The van der Waals surface area contributed by atoms with E-state index in [9.17, 15) is 13.6 Å². The van der Waals surface area contributed by atoms with Crippen molar-refractivity contribution in [3.8, 4) is 5.75 Å². The molecule has 0 saturated heterocycles. The van der Waals surface area contributed by atoms with Crippen molar-refractivity contribution in [3.63, 3.8) is 0 Å². The Balaban J connectivity index is 2.71. The SMILES string of the molecule is O=C(CCl)Nc1ccccc1OCC(F)F. The van der Waals surface area contributed by atoms with Gasteiger partial charge in [-0.25, -0.2) is 8.78 Å². The van der Waals surface area contributed by atoms with E-state index in [0.29, 0.717) is 5.69 Å². The lowest BCUT2D eigenvalue weighted by atomic mass is 10.3. The van der Waals surface area contributed by atoms with E-state index in [4.69, 9.17) is 16.3 Å². The Morgan fingerprint density at radius 3 is 2.75 bits per heavy atom. The standard InChI is InChI=1S/C10H10ClF2NO2/c11-5-10(15)14-7-3-1-2-4-8(7)16-6-9(12)13/h1-4,9H,5-6H2,(H,14,15). The molecule has 0 bridgehead atoms. The van der Waals surface area contributed by atoms with Crippen LogP contribution in [0.15, 0.2) is 24.3 Å². The number of ether oxygens (including phenoxy) is 1. The molecule has 3 nitrogen and oxygen atoms in total. The van der Waals surface area contributed by atoms with Crippen LogP contribution in [-0.4, -0.2) is 24.8 Å². The van der Waals surface area contributed by atoms with Crippen LogP contribution >= 0.6 is 11.6 Å². The molecule has 0 unspecified atom stereocenters. The highest BCUT2D eigenvalue weighted by atomic mass is 35.5. The third kappa shape index (κ3) is 4.02. The number of carbonyl (C=O) groups is 1. The van der Waals surface area contributed by atoms with Gasteiger partial charge in [-0.3, -0.25) is 4.79 Å². The van der Waals surface area contributed by atoms with Gasteiger partial charge < -0.3 is 10.1 Å². The molecule has 0 saturated carbocycles. The fourth-order valence-electron chi connectivity index (χ4n) is 1.03. The van der Waals surface area contributed by atoms with Crippen LogP contribution in [0.3, 0.4) is 0 Å². The van der Waals surface area contributed by atoms with E-state index < -0.39 is 18.9 Å². The Labute approximate surface area is 96.4 Å². The van der Waals surface area contributed by atoms with Crippen LogP contribution in [0.25, 0.3) is 0 Å². The van der Waals surface area contributed by atoms with Gasteiger partial charge in [0, 0.05) is 0 Å². The fraction of sp³-hybridized carbons (Fsp3) is 0.300. The van der Waals surface area contributed by atoms with Crippen LogP contribution < -0.4 is 10.1 Å². The van der Waals surface area contributed by atoms with E-state index in [1.807, 2.05) is 0 Å². The molecule has 0 aromatic heterocycles. The van der Waals surface area contributed by atoms with Crippen LogP contribution in [0.1, 0.15) is 0 Å². The zero-order chi connectivity index (χ0) is 12.0. The maximum atomic E-state index is 11.9. The molecule has 1 aromatic rings. The molecule has 0 aliphatic heterocycles. The molecule has 0 atom stereocenters. The van der Waals surface area contributed by atoms with E-state index in [1.54, 1.807) is 18.2 Å². The quantitative estimate of drug-likeness (QED) is 0.815. The van der Waals surface area contributed by atoms with Gasteiger partial charge in [0.2, 0.25) is 5.91 Å². The van der Waals surface area contributed by atoms with Crippen LogP contribution in [0.5, 0.6) is 5.75 Å². The normalized spacial score (nSPS) is 10.2. The molecule has 0 aliphatic carbocycles. The molecule has 0 radical (unpaired) electrons.